The summed E-state index contributed by atoms with van der Waals surface area (Å²) >= 11 is 3.34. The van der Waals surface area contributed by atoms with Crippen LogP contribution in [0.15, 0.2) is 21.4 Å². The first-order valence-electron chi connectivity index (χ1n) is 4.76. The lowest BCUT2D eigenvalue weighted by molar-refractivity contribution is 0.519. The van der Waals surface area contributed by atoms with Gasteiger partial charge in [0.25, 0.3) is 0 Å². The van der Waals surface area contributed by atoms with Crippen molar-refractivity contribution in [2.75, 3.05) is 0 Å². The van der Waals surface area contributed by atoms with E-state index in [-0.39, 0.29) is 6.04 Å². The van der Waals surface area contributed by atoms with Crippen LogP contribution in [0.2, 0.25) is 0 Å². The first-order valence-corrected chi connectivity index (χ1v) is 5.55. The van der Waals surface area contributed by atoms with Crippen molar-refractivity contribution in [3.8, 4) is 0 Å². The summed E-state index contributed by atoms with van der Waals surface area (Å²) in [7, 11) is 0. The van der Waals surface area contributed by atoms with E-state index in [4.69, 9.17) is 10.2 Å². The van der Waals surface area contributed by atoms with Crippen LogP contribution in [-0.2, 0) is 0 Å². The van der Waals surface area contributed by atoms with Gasteiger partial charge in [0, 0.05) is 11.6 Å². The molecular weight excluding hydrogens is 230 g/mol. The number of hydrogen-bond donors (Lipinski definition) is 1. The molecule has 0 bridgehead atoms. The summed E-state index contributed by atoms with van der Waals surface area (Å²) in [6.45, 7) is 0. The summed E-state index contributed by atoms with van der Waals surface area (Å²) in [4.78, 5) is 0. The van der Waals surface area contributed by atoms with Crippen molar-refractivity contribution in [2.24, 2.45) is 11.7 Å². The van der Waals surface area contributed by atoms with Gasteiger partial charge in [0.15, 0.2) is 4.67 Å². The first-order chi connectivity index (χ1) is 6.27. The molecule has 1 unspecified atom stereocenters. The lowest BCUT2D eigenvalue weighted by atomic mass is 10.0. The van der Waals surface area contributed by atoms with Crippen molar-refractivity contribution in [3.05, 3.63) is 22.6 Å². The van der Waals surface area contributed by atoms with E-state index in [2.05, 4.69) is 15.9 Å². The summed E-state index contributed by atoms with van der Waals surface area (Å²) in [6.07, 6.45) is 6.82. The minimum absolute atomic E-state index is 0.133. The first kappa shape index (κ1) is 9.28. The zero-order valence-electron chi connectivity index (χ0n) is 7.50. The van der Waals surface area contributed by atoms with Crippen molar-refractivity contribution in [1.29, 1.82) is 0 Å². The molecule has 1 saturated carbocycles. The summed E-state index contributed by atoms with van der Waals surface area (Å²) in [5.41, 5.74) is 7.12. The summed E-state index contributed by atoms with van der Waals surface area (Å²) in [5, 5.41) is 0. The minimum Gasteiger partial charge on any atom is -0.457 e. The van der Waals surface area contributed by atoms with E-state index >= 15 is 0 Å². The summed E-state index contributed by atoms with van der Waals surface area (Å²) in [5.74, 6) is 0.955. The van der Waals surface area contributed by atoms with Crippen LogP contribution in [0.4, 0.5) is 0 Å². The number of hydrogen-bond acceptors (Lipinski definition) is 2. The molecule has 2 rings (SSSR count). The van der Waals surface area contributed by atoms with Crippen molar-refractivity contribution in [3.63, 3.8) is 0 Å². The van der Waals surface area contributed by atoms with E-state index in [9.17, 15) is 0 Å². The Morgan fingerprint density at radius 2 is 2.38 bits per heavy atom. The largest absolute Gasteiger partial charge is 0.457 e. The fraction of sp³-hybridized carbons (Fsp3) is 0.600. The molecule has 2 N–H and O–H groups in total. The van der Waals surface area contributed by atoms with Crippen molar-refractivity contribution in [2.45, 2.75) is 31.7 Å². The van der Waals surface area contributed by atoms with Gasteiger partial charge in [0.1, 0.15) is 0 Å². The SMILES string of the molecule is NC(CCC1CC1)c1ccoc1Br. The third-order valence-corrected chi connectivity index (χ3v) is 3.27. The van der Waals surface area contributed by atoms with Crippen LogP contribution in [0, 0.1) is 5.92 Å². The Morgan fingerprint density at radius 3 is 2.92 bits per heavy atom. The monoisotopic (exact) mass is 243 g/mol. The maximum atomic E-state index is 6.03. The van der Waals surface area contributed by atoms with Gasteiger partial charge in [-0.25, -0.2) is 0 Å². The molecule has 0 saturated heterocycles. The Morgan fingerprint density at radius 1 is 1.62 bits per heavy atom. The van der Waals surface area contributed by atoms with E-state index in [0.717, 1.165) is 22.6 Å². The third-order valence-electron chi connectivity index (χ3n) is 2.63. The molecule has 0 aromatic carbocycles. The molecule has 13 heavy (non-hydrogen) atoms. The quantitative estimate of drug-likeness (QED) is 0.883. The molecule has 3 heteroatoms. The fourth-order valence-corrected chi connectivity index (χ4v) is 2.08. The molecule has 1 aromatic rings. The van der Waals surface area contributed by atoms with E-state index in [1.165, 1.54) is 19.3 Å². The minimum atomic E-state index is 0.133. The third kappa shape index (κ3) is 2.35. The standard InChI is InChI=1S/C10H14BrNO/c11-10-8(5-6-13-10)9(12)4-3-7-1-2-7/h5-7,9H,1-4,12H2. The zero-order chi connectivity index (χ0) is 9.26. The fourth-order valence-electron chi connectivity index (χ4n) is 1.55. The van der Waals surface area contributed by atoms with Crippen LogP contribution in [-0.4, -0.2) is 0 Å². The predicted molar refractivity (Wildman–Crippen MR) is 55.3 cm³/mol. The zero-order valence-corrected chi connectivity index (χ0v) is 9.09. The molecule has 2 nitrogen and oxygen atoms in total. The molecule has 1 aromatic heterocycles. The number of rotatable bonds is 4. The molecule has 1 aliphatic rings. The van der Waals surface area contributed by atoms with Crippen LogP contribution in [0.3, 0.4) is 0 Å². The van der Waals surface area contributed by atoms with Gasteiger partial charge in [-0.2, -0.15) is 0 Å². The average Bonchev–Trinajstić information content (AvgIpc) is 2.84. The smallest absolute Gasteiger partial charge is 0.173 e. The van der Waals surface area contributed by atoms with Crippen molar-refractivity contribution < 1.29 is 4.42 Å². The van der Waals surface area contributed by atoms with Gasteiger partial charge >= 0.3 is 0 Å². The highest BCUT2D eigenvalue weighted by molar-refractivity contribution is 9.10. The molecule has 1 aliphatic carbocycles. The normalized spacial score (nSPS) is 18.9. The maximum Gasteiger partial charge on any atom is 0.173 e. The molecule has 0 aliphatic heterocycles. The maximum absolute atomic E-state index is 6.03. The van der Waals surface area contributed by atoms with Crippen LogP contribution in [0.25, 0.3) is 0 Å². The second kappa shape index (κ2) is 3.84. The van der Waals surface area contributed by atoms with Gasteiger partial charge < -0.3 is 10.2 Å². The molecule has 1 atom stereocenters. The van der Waals surface area contributed by atoms with Gasteiger partial charge in [0.05, 0.1) is 6.26 Å². The van der Waals surface area contributed by atoms with Crippen LogP contribution >= 0.6 is 15.9 Å². The Kier molecular flexibility index (Phi) is 2.74. The number of nitrogens with two attached hydrogens (primary N) is 1. The summed E-state index contributed by atoms with van der Waals surface area (Å²) < 4.78 is 5.93. The Labute approximate surface area is 86.6 Å². The number of halogens is 1. The van der Waals surface area contributed by atoms with Crippen LogP contribution in [0.5, 0.6) is 0 Å². The van der Waals surface area contributed by atoms with Gasteiger partial charge in [-0.3, -0.25) is 0 Å². The molecule has 0 amide bonds. The van der Waals surface area contributed by atoms with Crippen LogP contribution < -0.4 is 5.73 Å². The van der Waals surface area contributed by atoms with E-state index in [0.29, 0.717) is 0 Å². The van der Waals surface area contributed by atoms with Crippen molar-refractivity contribution in [1.82, 2.24) is 0 Å². The molecule has 0 spiro atoms. The van der Waals surface area contributed by atoms with E-state index in [1.54, 1.807) is 6.26 Å². The molecule has 0 radical (unpaired) electrons. The van der Waals surface area contributed by atoms with Gasteiger partial charge in [0.2, 0.25) is 0 Å². The Bertz CT molecular complexity index is 280. The highest BCUT2D eigenvalue weighted by Gasteiger charge is 2.22. The molecule has 1 heterocycles. The molecule has 72 valence electrons. The lowest BCUT2D eigenvalue weighted by Crippen LogP contribution is -2.09. The molecular formula is C10H14BrNO. The van der Waals surface area contributed by atoms with Gasteiger partial charge in [-0.15, -0.1) is 0 Å². The van der Waals surface area contributed by atoms with Crippen LogP contribution in [0.1, 0.15) is 37.3 Å². The predicted octanol–water partition coefficient (Wildman–Crippen LogP) is 3.23. The second-order valence-electron chi connectivity index (χ2n) is 3.78. The highest BCUT2D eigenvalue weighted by Crippen LogP contribution is 2.36. The van der Waals surface area contributed by atoms with Gasteiger partial charge in [-0.1, -0.05) is 12.8 Å². The second-order valence-corrected chi connectivity index (χ2v) is 4.50. The Hall–Kier alpha value is -0.280. The highest BCUT2D eigenvalue weighted by atomic mass is 79.9. The van der Waals surface area contributed by atoms with E-state index < -0.39 is 0 Å². The van der Waals surface area contributed by atoms with E-state index in [1.807, 2.05) is 6.07 Å². The van der Waals surface area contributed by atoms with Crippen molar-refractivity contribution >= 4 is 15.9 Å². The molecule has 1 fully saturated rings. The Balaban J connectivity index is 1.88. The number of furan rings is 1. The van der Waals surface area contributed by atoms with Gasteiger partial charge in [-0.05, 0) is 40.8 Å². The lowest BCUT2D eigenvalue weighted by Gasteiger charge is -2.08. The summed E-state index contributed by atoms with van der Waals surface area (Å²) in [6, 6.07) is 2.08. The average molecular weight is 244 g/mol. The topological polar surface area (TPSA) is 39.2 Å².